The van der Waals surface area contributed by atoms with Gasteiger partial charge in [0.25, 0.3) is 11.8 Å². The lowest BCUT2D eigenvalue weighted by Gasteiger charge is -2.26. The lowest BCUT2D eigenvalue weighted by atomic mass is 10.1. The van der Waals surface area contributed by atoms with E-state index in [1.807, 2.05) is 6.92 Å². The number of imide groups is 2. The topological polar surface area (TPSA) is 80.6 Å². The third-order valence-electron chi connectivity index (χ3n) is 5.62. The number of hydrogen-bond acceptors (Lipinski definition) is 4. The molecular weight excluding hydrogens is 475 g/mol. The zero-order valence-electron chi connectivity index (χ0n) is 19.2. The van der Waals surface area contributed by atoms with Gasteiger partial charge in [-0.1, -0.05) is 25.1 Å². The van der Waals surface area contributed by atoms with E-state index in [1.54, 1.807) is 47.2 Å². The van der Waals surface area contributed by atoms with E-state index in [9.17, 15) is 27.6 Å². The molecule has 7 nitrogen and oxygen atoms in total. The molecule has 4 rings (SSSR count). The van der Waals surface area contributed by atoms with Gasteiger partial charge in [0.1, 0.15) is 17.9 Å². The van der Waals surface area contributed by atoms with Gasteiger partial charge in [-0.05, 0) is 60.5 Å². The number of urea groups is 1. The third kappa shape index (κ3) is 5.32. The molecule has 2 aromatic carbocycles. The molecule has 1 N–H and O–H groups in total. The lowest BCUT2D eigenvalue weighted by Crippen LogP contribution is -2.54. The highest BCUT2D eigenvalue weighted by Gasteiger charge is 2.37. The number of benzene rings is 2. The lowest BCUT2D eigenvalue weighted by molar-refractivity contribution is -0.137. The molecule has 0 saturated carbocycles. The molecule has 1 aliphatic rings. The van der Waals surface area contributed by atoms with E-state index in [0.717, 1.165) is 29.0 Å². The van der Waals surface area contributed by atoms with Crippen LogP contribution in [0.2, 0.25) is 0 Å². The Hall–Kier alpha value is -4.34. The fourth-order valence-electron chi connectivity index (χ4n) is 3.71. The van der Waals surface area contributed by atoms with Crippen LogP contribution in [0.4, 0.5) is 23.7 Å². The smallest absolute Gasteiger partial charge is 0.416 e. The average molecular weight is 497 g/mol. The molecule has 0 atom stereocenters. The van der Waals surface area contributed by atoms with E-state index in [-0.39, 0.29) is 24.5 Å². The van der Waals surface area contributed by atoms with Crippen LogP contribution in [0.3, 0.4) is 0 Å². The number of aromatic nitrogens is 1. The second-order valence-electron chi connectivity index (χ2n) is 7.98. The molecular formula is C26H22F3N3O4. The highest BCUT2D eigenvalue weighted by molar-refractivity contribution is 6.39. The molecule has 2 heterocycles. The number of aryl methyl sites for hydroxylation is 1. The van der Waals surface area contributed by atoms with Crippen molar-refractivity contribution in [1.29, 1.82) is 0 Å². The fourth-order valence-corrected chi connectivity index (χ4v) is 3.71. The summed E-state index contributed by atoms with van der Waals surface area (Å²) in [6.45, 7) is 2.26. The van der Waals surface area contributed by atoms with Crippen molar-refractivity contribution in [3.63, 3.8) is 0 Å². The van der Waals surface area contributed by atoms with Gasteiger partial charge < -0.3 is 9.30 Å². The molecule has 10 heteroatoms. The number of carbonyl (C=O) groups is 3. The van der Waals surface area contributed by atoms with Crippen molar-refractivity contribution in [1.82, 2.24) is 9.88 Å². The first-order valence-corrected chi connectivity index (χ1v) is 11.1. The largest absolute Gasteiger partial charge is 0.492 e. The Labute approximate surface area is 204 Å². The molecule has 0 bridgehead atoms. The van der Waals surface area contributed by atoms with Gasteiger partial charge in [-0.2, -0.15) is 13.2 Å². The first-order valence-electron chi connectivity index (χ1n) is 11.1. The molecule has 4 amide bonds. The van der Waals surface area contributed by atoms with E-state index >= 15 is 0 Å². The summed E-state index contributed by atoms with van der Waals surface area (Å²) in [4.78, 5) is 38.9. The van der Waals surface area contributed by atoms with Crippen LogP contribution in [0.5, 0.6) is 5.75 Å². The van der Waals surface area contributed by atoms with Crippen LogP contribution in [0, 0.1) is 0 Å². The Morgan fingerprint density at radius 2 is 1.75 bits per heavy atom. The van der Waals surface area contributed by atoms with Crippen molar-refractivity contribution >= 4 is 29.6 Å². The summed E-state index contributed by atoms with van der Waals surface area (Å²) >= 11 is 0. The molecule has 0 radical (unpaired) electrons. The molecule has 1 saturated heterocycles. The zero-order valence-corrected chi connectivity index (χ0v) is 19.2. The molecule has 3 aromatic rings. The molecule has 0 aliphatic carbocycles. The van der Waals surface area contributed by atoms with Gasteiger partial charge in [-0.15, -0.1) is 0 Å². The van der Waals surface area contributed by atoms with Crippen molar-refractivity contribution in [2.45, 2.75) is 26.1 Å². The number of nitrogens with zero attached hydrogens (tertiary/aromatic N) is 2. The van der Waals surface area contributed by atoms with Crippen molar-refractivity contribution in [2.24, 2.45) is 0 Å². The first kappa shape index (κ1) is 24.8. The number of carbonyl (C=O) groups excluding carboxylic acids is 3. The van der Waals surface area contributed by atoms with Gasteiger partial charge in [0.15, 0.2) is 0 Å². The van der Waals surface area contributed by atoms with E-state index in [2.05, 4.69) is 5.32 Å². The summed E-state index contributed by atoms with van der Waals surface area (Å²) in [5.74, 6) is -1.51. The predicted octanol–water partition coefficient (Wildman–Crippen LogP) is 4.81. The van der Waals surface area contributed by atoms with Crippen LogP contribution < -0.4 is 15.0 Å². The van der Waals surface area contributed by atoms with Crippen molar-refractivity contribution in [2.75, 3.05) is 11.5 Å². The Morgan fingerprint density at radius 1 is 1.00 bits per heavy atom. The maximum atomic E-state index is 13.1. The van der Waals surface area contributed by atoms with Crippen molar-refractivity contribution < 1.29 is 32.3 Å². The Morgan fingerprint density at radius 3 is 2.44 bits per heavy atom. The van der Waals surface area contributed by atoms with Crippen LogP contribution in [0.25, 0.3) is 6.08 Å². The van der Waals surface area contributed by atoms with E-state index in [0.29, 0.717) is 11.4 Å². The Balaban J connectivity index is 1.50. The van der Waals surface area contributed by atoms with Gasteiger partial charge in [0, 0.05) is 11.9 Å². The highest BCUT2D eigenvalue weighted by atomic mass is 19.4. The minimum atomic E-state index is -4.47. The number of anilines is 1. The Kier molecular flexibility index (Phi) is 6.96. The maximum Gasteiger partial charge on any atom is 0.416 e. The van der Waals surface area contributed by atoms with Crippen LogP contribution in [0.1, 0.15) is 23.7 Å². The summed E-state index contributed by atoms with van der Waals surface area (Å²) in [5, 5.41) is 2.18. The molecule has 0 unspecified atom stereocenters. The van der Waals surface area contributed by atoms with Crippen molar-refractivity contribution in [3.8, 4) is 5.75 Å². The summed E-state index contributed by atoms with van der Waals surface area (Å²) in [5.41, 5.74) is 0.805. The zero-order chi connectivity index (χ0) is 25.9. The summed E-state index contributed by atoms with van der Waals surface area (Å²) in [6, 6.07) is 14.0. The molecule has 1 fully saturated rings. The van der Waals surface area contributed by atoms with Crippen LogP contribution in [-0.2, 0) is 28.7 Å². The number of barbiturate groups is 1. The first-order chi connectivity index (χ1) is 17.2. The minimum absolute atomic E-state index is 0.0424. The summed E-state index contributed by atoms with van der Waals surface area (Å²) in [6.07, 6.45) is -0.640. The maximum absolute atomic E-state index is 13.1. The fraction of sp³-hybridized carbons (Fsp3) is 0.192. The van der Waals surface area contributed by atoms with Gasteiger partial charge in [-0.3, -0.25) is 14.9 Å². The minimum Gasteiger partial charge on any atom is -0.492 e. The Bertz CT molecular complexity index is 1330. The highest BCUT2D eigenvalue weighted by Crippen LogP contribution is 2.31. The monoisotopic (exact) mass is 497 g/mol. The number of halogens is 3. The number of nitrogens with one attached hydrogen (secondary N) is 1. The van der Waals surface area contributed by atoms with Gasteiger partial charge in [0.05, 0.1) is 17.8 Å². The third-order valence-corrected chi connectivity index (χ3v) is 5.62. The number of rotatable bonds is 7. The van der Waals surface area contributed by atoms with E-state index in [4.69, 9.17) is 4.74 Å². The molecule has 1 aromatic heterocycles. The number of ether oxygens (including phenoxy) is 1. The molecule has 186 valence electrons. The second kappa shape index (κ2) is 10.1. The second-order valence-corrected chi connectivity index (χ2v) is 7.98. The summed E-state index contributed by atoms with van der Waals surface area (Å²) < 4.78 is 45.8. The predicted molar refractivity (Wildman–Crippen MR) is 126 cm³/mol. The van der Waals surface area contributed by atoms with Gasteiger partial charge >= 0.3 is 12.2 Å². The number of hydrogen-bond donors (Lipinski definition) is 1. The molecule has 1 aliphatic heterocycles. The average Bonchev–Trinajstić information content (AvgIpc) is 3.28. The van der Waals surface area contributed by atoms with E-state index < -0.39 is 29.6 Å². The SMILES string of the molecule is CCc1ccc(N2C(=O)NC(=O)/C(=C\c3cccn3CCOc3cccc(C(F)(F)F)c3)C2=O)cc1. The normalized spacial score (nSPS) is 15.4. The van der Waals surface area contributed by atoms with Gasteiger partial charge in [-0.25, -0.2) is 9.69 Å². The van der Waals surface area contributed by atoms with Crippen LogP contribution in [-0.4, -0.2) is 29.0 Å². The standard InChI is InChI=1S/C26H22F3N3O4/c1-2-17-8-10-19(11-9-17)32-24(34)22(23(33)30-25(32)35)16-20-6-4-12-31(20)13-14-36-21-7-3-5-18(15-21)26(27,28)29/h3-12,15-16H,2,13-14H2,1H3,(H,30,33,35)/b22-16+. The quantitative estimate of drug-likeness (QED) is 0.375. The van der Waals surface area contributed by atoms with Crippen LogP contribution >= 0.6 is 0 Å². The van der Waals surface area contributed by atoms with Crippen molar-refractivity contribution in [3.05, 3.63) is 89.3 Å². The molecule has 36 heavy (non-hydrogen) atoms. The van der Waals surface area contributed by atoms with Crippen LogP contribution in [0.15, 0.2) is 72.4 Å². The molecule has 0 spiro atoms. The number of amides is 4. The van der Waals surface area contributed by atoms with Gasteiger partial charge in [0.2, 0.25) is 0 Å². The van der Waals surface area contributed by atoms with E-state index in [1.165, 1.54) is 18.2 Å². The number of alkyl halides is 3. The summed E-state index contributed by atoms with van der Waals surface area (Å²) in [7, 11) is 0.